The summed E-state index contributed by atoms with van der Waals surface area (Å²) in [6.07, 6.45) is 2.24. The SMILES string of the molecule is CCOC(=O)c1nc(OC[C@@H]2CCCN2C)nc(N2CCN(C)C[C@@H]2C)c1N. The Hall–Kier alpha value is -2.13. The van der Waals surface area contributed by atoms with Gasteiger partial charge in [-0.1, -0.05) is 0 Å². The van der Waals surface area contributed by atoms with E-state index in [0.29, 0.717) is 18.5 Å². The molecule has 0 radical (unpaired) electrons. The molecule has 1 aromatic rings. The second-order valence-corrected chi connectivity index (χ2v) is 7.70. The van der Waals surface area contributed by atoms with Crippen LogP contribution in [0.5, 0.6) is 6.01 Å². The summed E-state index contributed by atoms with van der Waals surface area (Å²) >= 11 is 0. The summed E-state index contributed by atoms with van der Waals surface area (Å²) < 4.78 is 11.1. The molecule has 9 nitrogen and oxygen atoms in total. The Labute approximate surface area is 166 Å². The van der Waals surface area contributed by atoms with Crippen molar-refractivity contribution in [3.05, 3.63) is 5.69 Å². The van der Waals surface area contributed by atoms with E-state index in [1.807, 2.05) is 0 Å². The van der Waals surface area contributed by atoms with E-state index in [2.05, 4.69) is 45.7 Å². The highest BCUT2D eigenvalue weighted by Crippen LogP contribution is 2.29. The number of likely N-dealkylation sites (N-methyl/N-ethyl adjacent to an activating group) is 2. The fourth-order valence-corrected chi connectivity index (χ4v) is 3.89. The maximum absolute atomic E-state index is 12.4. The van der Waals surface area contributed by atoms with Crippen molar-refractivity contribution in [2.24, 2.45) is 0 Å². The molecule has 9 heteroatoms. The molecule has 2 aliphatic rings. The maximum atomic E-state index is 12.4. The Morgan fingerprint density at radius 2 is 2.04 bits per heavy atom. The third kappa shape index (κ3) is 4.47. The van der Waals surface area contributed by atoms with E-state index in [-0.39, 0.29) is 30.0 Å². The zero-order chi connectivity index (χ0) is 20.3. The van der Waals surface area contributed by atoms with Crippen molar-refractivity contribution in [3.63, 3.8) is 0 Å². The molecule has 0 bridgehead atoms. The Morgan fingerprint density at radius 1 is 1.25 bits per heavy atom. The number of esters is 1. The Morgan fingerprint density at radius 3 is 2.68 bits per heavy atom. The fourth-order valence-electron chi connectivity index (χ4n) is 3.89. The number of carbonyl (C=O) groups is 1. The maximum Gasteiger partial charge on any atom is 0.359 e. The van der Waals surface area contributed by atoms with E-state index in [1.165, 1.54) is 0 Å². The van der Waals surface area contributed by atoms with Crippen LogP contribution in [0.15, 0.2) is 0 Å². The summed E-state index contributed by atoms with van der Waals surface area (Å²) in [5.74, 6) is 0.00157. The van der Waals surface area contributed by atoms with Gasteiger partial charge in [-0.3, -0.25) is 0 Å². The van der Waals surface area contributed by atoms with Gasteiger partial charge in [0, 0.05) is 31.7 Å². The highest BCUT2D eigenvalue weighted by atomic mass is 16.5. The molecule has 2 N–H and O–H groups in total. The summed E-state index contributed by atoms with van der Waals surface area (Å²) in [5.41, 5.74) is 6.63. The molecule has 0 spiro atoms. The predicted octanol–water partition coefficient (Wildman–Crippen LogP) is 0.849. The van der Waals surface area contributed by atoms with Crippen molar-refractivity contribution in [1.29, 1.82) is 0 Å². The van der Waals surface area contributed by atoms with Gasteiger partial charge in [-0.25, -0.2) is 4.79 Å². The number of piperazine rings is 1. The molecule has 2 atom stereocenters. The van der Waals surface area contributed by atoms with Crippen molar-refractivity contribution in [2.75, 3.05) is 64.1 Å². The molecular weight excluding hydrogens is 360 g/mol. The number of aromatic nitrogens is 2. The van der Waals surface area contributed by atoms with Crippen LogP contribution in [-0.2, 0) is 4.74 Å². The number of anilines is 2. The average Bonchev–Trinajstić information content (AvgIpc) is 3.06. The van der Waals surface area contributed by atoms with Crippen LogP contribution in [-0.4, -0.2) is 91.3 Å². The van der Waals surface area contributed by atoms with Crippen molar-refractivity contribution in [3.8, 4) is 6.01 Å². The van der Waals surface area contributed by atoms with Crippen molar-refractivity contribution in [1.82, 2.24) is 19.8 Å². The minimum absolute atomic E-state index is 0.0766. The molecule has 0 aromatic carbocycles. The van der Waals surface area contributed by atoms with Crippen LogP contribution in [0.25, 0.3) is 0 Å². The number of nitrogen functional groups attached to an aromatic ring is 1. The highest BCUT2D eigenvalue weighted by Gasteiger charge is 2.29. The van der Waals surface area contributed by atoms with E-state index in [1.54, 1.807) is 6.92 Å². The number of likely N-dealkylation sites (tertiary alicyclic amines) is 1. The van der Waals surface area contributed by atoms with Crippen LogP contribution >= 0.6 is 0 Å². The van der Waals surface area contributed by atoms with Gasteiger partial charge in [0.25, 0.3) is 0 Å². The summed E-state index contributed by atoms with van der Waals surface area (Å²) in [6.45, 7) is 8.24. The van der Waals surface area contributed by atoms with Crippen molar-refractivity contribution < 1.29 is 14.3 Å². The minimum Gasteiger partial charge on any atom is -0.462 e. The molecular formula is C19H32N6O3. The van der Waals surface area contributed by atoms with Crippen LogP contribution in [0.1, 0.15) is 37.2 Å². The molecule has 0 amide bonds. The lowest BCUT2D eigenvalue weighted by Crippen LogP contribution is -2.51. The summed E-state index contributed by atoms with van der Waals surface area (Å²) in [5, 5.41) is 0. The molecule has 2 saturated heterocycles. The largest absolute Gasteiger partial charge is 0.462 e. The normalized spacial score (nSPS) is 23.8. The summed E-state index contributed by atoms with van der Waals surface area (Å²) in [6, 6.07) is 0.719. The zero-order valence-corrected chi connectivity index (χ0v) is 17.3. The lowest BCUT2D eigenvalue weighted by atomic mass is 10.2. The third-order valence-electron chi connectivity index (χ3n) is 5.55. The van der Waals surface area contributed by atoms with E-state index >= 15 is 0 Å². The lowest BCUT2D eigenvalue weighted by Gasteiger charge is -2.39. The first kappa shape index (κ1) is 20.6. The van der Waals surface area contributed by atoms with Crippen LogP contribution in [0.4, 0.5) is 11.5 Å². The monoisotopic (exact) mass is 392 g/mol. The molecule has 3 rings (SSSR count). The topological polar surface area (TPSA) is 97.0 Å². The van der Waals surface area contributed by atoms with Gasteiger partial charge in [-0.15, -0.1) is 0 Å². The Kier molecular flexibility index (Phi) is 6.56. The number of nitrogens with two attached hydrogens (primary N) is 1. The van der Waals surface area contributed by atoms with Crippen molar-refractivity contribution >= 4 is 17.5 Å². The number of carbonyl (C=O) groups excluding carboxylic acids is 1. The molecule has 28 heavy (non-hydrogen) atoms. The van der Waals surface area contributed by atoms with Gasteiger partial charge < -0.3 is 29.9 Å². The number of hydrogen-bond acceptors (Lipinski definition) is 9. The first-order valence-electron chi connectivity index (χ1n) is 10.0. The predicted molar refractivity (Wildman–Crippen MR) is 108 cm³/mol. The van der Waals surface area contributed by atoms with Crippen molar-refractivity contribution in [2.45, 2.75) is 38.8 Å². The highest BCUT2D eigenvalue weighted by molar-refractivity contribution is 5.95. The Bertz CT molecular complexity index is 700. The minimum atomic E-state index is -0.548. The summed E-state index contributed by atoms with van der Waals surface area (Å²) in [7, 11) is 4.18. The van der Waals surface area contributed by atoms with Gasteiger partial charge in [0.05, 0.1) is 6.61 Å². The van der Waals surface area contributed by atoms with Gasteiger partial charge in [-0.2, -0.15) is 9.97 Å². The lowest BCUT2D eigenvalue weighted by molar-refractivity contribution is 0.0518. The first-order valence-corrected chi connectivity index (χ1v) is 10.0. The number of nitrogens with zero attached hydrogens (tertiary/aromatic N) is 5. The quantitative estimate of drug-likeness (QED) is 0.707. The third-order valence-corrected chi connectivity index (χ3v) is 5.55. The smallest absolute Gasteiger partial charge is 0.359 e. The second kappa shape index (κ2) is 8.91. The van der Waals surface area contributed by atoms with E-state index in [0.717, 1.165) is 39.0 Å². The standard InChI is InChI=1S/C19H32N6O3/c1-5-27-18(26)16-15(20)17(25-10-9-23(3)11-13(25)2)22-19(21-16)28-12-14-7-6-8-24(14)4/h13-14H,5-12,20H2,1-4H3/t13-,14-/m0/s1. The average molecular weight is 393 g/mol. The van der Waals surface area contributed by atoms with E-state index in [9.17, 15) is 4.79 Å². The molecule has 0 aliphatic carbocycles. The molecule has 0 unspecified atom stereocenters. The van der Waals surface area contributed by atoms with Gasteiger partial charge in [0.15, 0.2) is 11.5 Å². The van der Waals surface area contributed by atoms with E-state index in [4.69, 9.17) is 15.2 Å². The zero-order valence-electron chi connectivity index (χ0n) is 17.3. The van der Waals surface area contributed by atoms with Gasteiger partial charge in [0.1, 0.15) is 12.3 Å². The second-order valence-electron chi connectivity index (χ2n) is 7.70. The van der Waals surface area contributed by atoms with Gasteiger partial charge in [0.2, 0.25) is 0 Å². The van der Waals surface area contributed by atoms with Gasteiger partial charge in [-0.05, 0) is 47.3 Å². The Balaban J connectivity index is 1.88. The van der Waals surface area contributed by atoms with Crippen LogP contribution < -0.4 is 15.4 Å². The molecule has 1 aromatic heterocycles. The molecule has 156 valence electrons. The molecule has 2 aliphatic heterocycles. The number of ether oxygens (including phenoxy) is 2. The number of rotatable bonds is 6. The molecule has 2 fully saturated rings. The van der Waals surface area contributed by atoms with Gasteiger partial charge >= 0.3 is 12.0 Å². The fraction of sp³-hybridized carbons (Fsp3) is 0.737. The van der Waals surface area contributed by atoms with Crippen LogP contribution in [0.2, 0.25) is 0 Å². The molecule has 3 heterocycles. The van der Waals surface area contributed by atoms with E-state index < -0.39 is 5.97 Å². The number of hydrogen-bond donors (Lipinski definition) is 1. The molecule has 0 saturated carbocycles. The summed E-state index contributed by atoms with van der Waals surface area (Å²) in [4.78, 5) is 27.9. The first-order chi connectivity index (χ1) is 13.4. The van der Waals surface area contributed by atoms with Crippen LogP contribution in [0.3, 0.4) is 0 Å². The van der Waals surface area contributed by atoms with Crippen LogP contribution in [0, 0.1) is 0 Å².